The van der Waals surface area contributed by atoms with Crippen LogP contribution in [-0.4, -0.2) is 36.9 Å². The Bertz CT molecular complexity index is 1240. The predicted octanol–water partition coefficient (Wildman–Crippen LogP) is 5.77. The fourth-order valence-corrected chi connectivity index (χ4v) is 3.57. The minimum atomic E-state index is -0.974. The molecule has 0 saturated carbocycles. The highest BCUT2D eigenvalue weighted by atomic mass is 16.5. The second-order valence-electron chi connectivity index (χ2n) is 7.30. The number of nitrogens with zero attached hydrogens (tertiary/aromatic N) is 2. The molecule has 7 heteroatoms. The number of hydrogen-bond acceptors (Lipinski definition) is 5. The Morgan fingerprint density at radius 2 is 1.61 bits per heavy atom. The third-order valence-electron chi connectivity index (χ3n) is 5.28. The summed E-state index contributed by atoms with van der Waals surface area (Å²) < 4.78 is 16.9. The first kappa shape index (κ1) is 22.0. The zero-order valence-electron chi connectivity index (χ0n) is 18.4. The molecule has 3 aromatic carbocycles. The molecule has 0 fully saturated rings. The molecule has 7 nitrogen and oxygen atoms in total. The molecule has 1 heterocycles. The molecule has 0 bridgehead atoms. The van der Waals surface area contributed by atoms with E-state index in [0.29, 0.717) is 41.7 Å². The third kappa shape index (κ3) is 4.98. The highest BCUT2D eigenvalue weighted by molar-refractivity contribution is 5.88. The van der Waals surface area contributed by atoms with Gasteiger partial charge in [-0.1, -0.05) is 30.3 Å². The number of aromatic nitrogens is 1. The first-order valence-electron chi connectivity index (χ1n) is 10.4. The van der Waals surface area contributed by atoms with Crippen molar-refractivity contribution in [1.82, 2.24) is 4.98 Å². The largest absolute Gasteiger partial charge is 0.493 e. The van der Waals surface area contributed by atoms with Crippen LogP contribution in [0, 0.1) is 0 Å². The van der Waals surface area contributed by atoms with Crippen LogP contribution >= 0.6 is 0 Å². The van der Waals surface area contributed by atoms with Crippen molar-refractivity contribution in [2.45, 2.75) is 6.42 Å². The summed E-state index contributed by atoms with van der Waals surface area (Å²) >= 11 is 0. The van der Waals surface area contributed by atoms with Gasteiger partial charge in [0.05, 0.1) is 19.7 Å². The Morgan fingerprint density at radius 1 is 0.909 bits per heavy atom. The molecule has 168 valence electrons. The summed E-state index contributed by atoms with van der Waals surface area (Å²) in [6.07, 6.45) is 1.29. The van der Waals surface area contributed by atoms with E-state index in [2.05, 4.69) is 4.98 Å². The number of carboxylic acid groups (broad SMARTS) is 1. The quantitative estimate of drug-likeness (QED) is 0.371. The van der Waals surface area contributed by atoms with Gasteiger partial charge in [0.1, 0.15) is 11.5 Å². The minimum Gasteiger partial charge on any atom is -0.493 e. The lowest BCUT2D eigenvalue weighted by molar-refractivity contribution is 0.202. The summed E-state index contributed by atoms with van der Waals surface area (Å²) in [6.45, 7) is 0.357. The van der Waals surface area contributed by atoms with E-state index in [1.807, 2.05) is 54.6 Å². The zero-order valence-corrected chi connectivity index (χ0v) is 18.4. The summed E-state index contributed by atoms with van der Waals surface area (Å²) in [7, 11) is 3.17. The van der Waals surface area contributed by atoms with Crippen LogP contribution < -0.4 is 19.1 Å². The van der Waals surface area contributed by atoms with Gasteiger partial charge in [0.25, 0.3) is 0 Å². The Hall–Kier alpha value is -4.26. The van der Waals surface area contributed by atoms with Crippen molar-refractivity contribution in [3.63, 3.8) is 0 Å². The van der Waals surface area contributed by atoms with Crippen LogP contribution in [0.4, 0.5) is 10.5 Å². The number of ether oxygens (including phenoxy) is 3. The second kappa shape index (κ2) is 9.91. The molecule has 1 amide bonds. The van der Waals surface area contributed by atoms with Gasteiger partial charge in [-0.05, 0) is 48.4 Å². The van der Waals surface area contributed by atoms with Crippen molar-refractivity contribution >= 4 is 22.7 Å². The highest BCUT2D eigenvalue weighted by Gasteiger charge is 2.14. The monoisotopic (exact) mass is 444 g/mol. The van der Waals surface area contributed by atoms with E-state index in [1.165, 1.54) is 4.90 Å². The van der Waals surface area contributed by atoms with E-state index in [9.17, 15) is 9.90 Å². The molecule has 0 radical (unpaired) electrons. The Morgan fingerprint density at radius 3 is 2.27 bits per heavy atom. The van der Waals surface area contributed by atoms with Gasteiger partial charge in [-0.25, -0.2) is 4.79 Å². The van der Waals surface area contributed by atoms with Gasteiger partial charge in [-0.3, -0.25) is 9.88 Å². The zero-order chi connectivity index (χ0) is 23.2. The first-order chi connectivity index (χ1) is 16.1. The number of hydrogen-bond donors (Lipinski definition) is 1. The standard InChI is InChI=1S/C26H24N2O5/c1-31-24-16-21-22(17-25(24)32-2)27-14-12-23(21)33-20-10-8-18(9-11-20)13-15-28(26(29)30)19-6-4-3-5-7-19/h3-12,14,16-17H,13,15H2,1-2H3,(H,29,30). The van der Waals surface area contributed by atoms with Crippen molar-refractivity contribution in [2.75, 3.05) is 25.7 Å². The maximum atomic E-state index is 11.7. The van der Waals surface area contributed by atoms with Crippen LogP contribution in [0.5, 0.6) is 23.0 Å². The SMILES string of the molecule is COc1cc2nccc(Oc3ccc(CCN(C(=O)O)c4ccccc4)cc3)c2cc1OC. The maximum Gasteiger partial charge on any atom is 0.411 e. The normalized spacial score (nSPS) is 10.6. The summed E-state index contributed by atoms with van der Waals surface area (Å²) in [5.41, 5.74) is 2.40. The average Bonchev–Trinajstić information content (AvgIpc) is 2.85. The highest BCUT2D eigenvalue weighted by Crippen LogP contribution is 2.36. The number of carbonyl (C=O) groups is 1. The Kier molecular flexibility index (Phi) is 6.59. The van der Waals surface area contributed by atoms with Crippen LogP contribution in [0.2, 0.25) is 0 Å². The van der Waals surface area contributed by atoms with Crippen LogP contribution in [-0.2, 0) is 6.42 Å². The van der Waals surface area contributed by atoms with E-state index >= 15 is 0 Å². The van der Waals surface area contributed by atoms with Gasteiger partial charge in [0.15, 0.2) is 11.5 Å². The number of para-hydroxylation sites is 1. The van der Waals surface area contributed by atoms with Crippen molar-refractivity contribution in [3.8, 4) is 23.0 Å². The molecule has 33 heavy (non-hydrogen) atoms. The number of anilines is 1. The van der Waals surface area contributed by atoms with Gasteiger partial charge in [0.2, 0.25) is 0 Å². The number of pyridine rings is 1. The van der Waals surface area contributed by atoms with Crippen molar-refractivity contribution < 1.29 is 24.1 Å². The molecule has 4 aromatic rings. The number of amides is 1. The molecule has 0 saturated heterocycles. The number of rotatable bonds is 8. The Balaban J connectivity index is 1.49. The lowest BCUT2D eigenvalue weighted by atomic mass is 10.1. The smallest absolute Gasteiger partial charge is 0.411 e. The van der Waals surface area contributed by atoms with Gasteiger partial charge in [-0.15, -0.1) is 0 Å². The van der Waals surface area contributed by atoms with E-state index in [1.54, 1.807) is 38.6 Å². The molecular formula is C26H24N2O5. The topological polar surface area (TPSA) is 81.1 Å². The second-order valence-corrected chi connectivity index (χ2v) is 7.30. The molecule has 4 rings (SSSR count). The maximum absolute atomic E-state index is 11.7. The molecule has 1 N–H and O–H groups in total. The van der Waals surface area contributed by atoms with Gasteiger partial charge >= 0.3 is 6.09 Å². The molecular weight excluding hydrogens is 420 g/mol. The van der Waals surface area contributed by atoms with Crippen LogP contribution in [0.15, 0.2) is 79.0 Å². The van der Waals surface area contributed by atoms with Crippen LogP contribution in [0.25, 0.3) is 10.9 Å². The van der Waals surface area contributed by atoms with E-state index in [-0.39, 0.29) is 0 Å². The third-order valence-corrected chi connectivity index (χ3v) is 5.28. The number of benzene rings is 3. The summed E-state index contributed by atoms with van der Waals surface area (Å²) in [6, 6.07) is 22.2. The fraction of sp³-hybridized carbons (Fsp3) is 0.154. The fourth-order valence-electron chi connectivity index (χ4n) is 3.57. The summed E-state index contributed by atoms with van der Waals surface area (Å²) in [5.74, 6) is 2.51. The molecule has 0 unspecified atom stereocenters. The van der Waals surface area contributed by atoms with Gasteiger partial charge < -0.3 is 19.3 Å². The minimum absolute atomic E-state index is 0.357. The molecule has 1 aromatic heterocycles. The van der Waals surface area contributed by atoms with Crippen LogP contribution in [0.3, 0.4) is 0 Å². The number of fused-ring (bicyclic) bond motifs is 1. The van der Waals surface area contributed by atoms with Gasteiger partial charge in [-0.2, -0.15) is 0 Å². The van der Waals surface area contributed by atoms with Crippen molar-refractivity contribution in [2.24, 2.45) is 0 Å². The van der Waals surface area contributed by atoms with E-state index in [0.717, 1.165) is 16.5 Å². The summed E-state index contributed by atoms with van der Waals surface area (Å²) in [5, 5.41) is 10.4. The van der Waals surface area contributed by atoms with Gasteiger partial charge in [0, 0.05) is 29.9 Å². The van der Waals surface area contributed by atoms with E-state index < -0.39 is 6.09 Å². The average molecular weight is 444 g/mol. The predicted molar refractivity (Wildman–Crippen MR) is 127 cm³/mol. The van der Waals surface area contributed by atoms with Crippen molar-refractivity contribution in [1.29, 1.82) is 0 Å². The molecule has 0 spiro atoms. The molecule has 0 atom stereocenters. The van der Waals surface area contributed by atoms with E-state index in [4.69, 9.17) is 14.2 Å². The lowest BCUT2D eigenvalue weighted by Gasteiger charge is -2.19. The number of methoxy groups -OCH3 is 2. The molecule has 0 aliphatic rings. The van der Waals surface area contributed by atoms with Crippen molar-refractivity contribution in [3.05, 3.63) is 84.6 Å². The Labute approximate surface area is 191 Å². The lowest BCUT2D eigenvalue weighted by Crippen LogP contribution is -2.31. The van der Waals surface area contributed by atoms with Crippen LogP contribution in [0.1, 0.15) is 5.56 Å². The molecule has 0 aliphatic heterocycles. The first-order valence-corrected chi connectivity index (χ1v) is 10.4. The summed E-state index contributed by atoms with van der Waals surface area (Å²) in [4.78, 5) is 17.4. The molecule has 0 aliphatic carbocycles.